The SMILES string of the molecule is COc1ccc(Br)cc1CC1CCCCC1Cl. The molecule has 0 amide bonds. The lowest BCUT2D eigenvalue weighted by Gasteiger charge is -2.27. The molecular formula is C14H18BrClO. The molecule has 2 atom stereocenters. The summed E-state index contributed by atoms with van der Waals surface area (Å²) in [6, 6.07) is 6.18. The molecule has 17 heavy (non-hydrogen) atoms. The lowest BCUT2D eigenvalue weighted by Crippen LogP contribution is -2.21. The molecule has 2 rings (SSSR count). The monoisotopic (exact) mass is 316 g/mol. The van der Waals surface area contributed by atoms with E-state index in [2.05, 4.69) is 22.0 Å². The molecule has 0 N–H and O–H groups in total. The van der Waals surface area contributed by atoms with E-state index in [4.69, 9.17) is 16.3 Å². The topological polar surface area (TPSA) is 9.23 Å². The second kappa shape index (κ2) is 6.10. The molecular weight excluding hydrogens is 300 g/mol. The summed E-state index contributed by atoms with van der Waals surface area (Å²) in [5.74, 6) is 1.57. The van der Waals surface area contributed by atoms with Crippen molar-refractivity contribution in [1.29, 1.82) is 0 Å². The van der Waals surface area contributed by atoms with Crippen molar-refractivity contribution in [1.82, 2.24) is 0 Å². The van der Waals surface area contributed by atoms with Crippen molar-refractivity contribution < 1.29 is 4.74 Å². The normalized spacial score (nSPS) is 24.6. The summed E-state index contributed by atoms with van der Waals surface area (Å²) in [5.41, 5.74) is 1.26. The van der Waals surface area contributed by atoms with E-state index < -0.39 is 0 Å². The first kappa shape index (κ1) is 13.2. The van der Waals surface area contributed by atoms with E-state index in [1.807, 2.05) is 12.1 Å². The van der Waals surface area contributed by atoms with Gasteiger partial charge in [-0.05, 0) is 48.9 Å². The lowest BCUT2D eigenvalue weighted by atomic mass is 9.84. The molecule has 1 aliphatic carbocycles. The third-order valence-electron chi connectivity index (χ3n) is 3.54. The number of hydrogen-bond acceptors (Lipinski definition) is 1. The number of rotatable bonds is 3. The molecule has 0 aromatic heterocycles. The predicted octanol–water partition coefficient (Wildman–Crippen LogP) is 4.80. The smallest absolute Gasteiger partial charge is 0.122 e. The Bertz CT molecular complexity index is 380. The van der Waals surface area contributed by atoms with E-state index in [1.165, 1.54) is 24.8 Å². The number of halogens is 2. The largest absolute Gasteiger partial charge is 0.496 e. The van der Waals surface area contributed by atoms with Gasteiger partial charge in [0.1, 0.15) is 5.75 Å². The van der Waals surface area contributed by atoms with Crippen molar-refractivity contribution >= 4 is 27.5 Å². The summed E-state index contributed by atoms with van der Waals surface area (Å²) in [5, 5.41) is 0.326. The van der Waals surface area contributed by atoms with Crippen LogP contribution in [0.5, 0.6) is 5.75 Å². The molecule has 1 saturated carbocycles. The van der Waals surface area contributed by atoms with Crippen LogP contribution < -0.4 is 4.74 Å². The Hall–Kier alpha value is -0.210. The van der Waals surface area contributed by atoms with Crippen molar-refractivity contribution in [3.8, 4) is 5.75 Å². The Morgan fingerprint density at radius 3 is 2.82 bits per heavy atom. The number of methoxy groups -OCH3 is 1. The van der Waals surface area contributed by atoms with Gasteiger partial charge in [0.2, 0.25) is 0 Å². The van der Waals surface area contributed by atoms with Gasteiger partial charge < -0.3 is 4.74 Å². The van der Waals surface area contributed by atoms with Crippen LogP contribution in [0.15, 0.2) is 22.7 Å². The molecule has 1 aromatic rings. The van der Waals surface area contributed by atoms with Crippen LogP contribution in [0, 0.1) is 5.92 Å². The van der Waals surface area contributed by atoms with Gasteiger partial charge in [-0.1, -0.05) is 28.8 Å². The van der Waals surface area contributed by atoms with Crippen LogP contribution in [0.2, 0.25) is 0 Å². The second-order valence-electron chi connectivity index (χ2n) is 4.72. The zero-order valence-electron chi connectivity index (χ0n) is 10.1. The van der Waals surface area contributed by atoms with Crippen molar-refractivity contribution in [3.63, 3.8) is 0 Å². The summed E-state index contributed by atoms with van der Waals surface area (Å²) >= 11 is 9.93. The third-order valence-corrected chi connectivity index (χ3v) is 4.61. The summed E-state index contributed by atoms with van der Waals surface area (Å²) in [6.45, 7) is 0. The average Bonchev–Trinajstić information content (AvgIpc) is 2.32. The summed E-state index contributed by atoms with van der Waals surface area (Å²) in [4.78, 5) is 0. The predicted molar refractivity (Wildman–Crippen MR) is 76.0 cm³/mol. The van der Waals surface area contributed by atoms with Gasteiger partial charge in [0, 0.05) is 9.85 Å². The fraction of sp³-hybridized carbons (Fsp3) is 0.571. The van der Waals surface area contributed by atoms with Crippen LogP contribution in [0.3, 0.4) is 0 Å². The molecule has 1 aromatic carbocycles. The van der Waals surface area contributed by atoms with Gasteiger partial charge in [0.15, 0.2) is 0 Å². The first-order valence-electron chi connectivity index (χ1n) is 6.17. The van der Waals surface area contributed by atoms with E-state index >= 15 is 0 Å². The molecule has 0 radical (unpaired) electrons. The Morgan fingerprint density at radius 2 is 2.12 bits per heavy atom. The van der Waals surface area contributed by atoms with Gasteiger partial charge in [-0.3, -0.25) is 0 Å². The van der Waals surface area contributed by atoms with Crippen LogP contribution in [0.1, 0.15) is 31.2 Å². The summed E-state index contributed by atoms with van der Waals surface area (Å²) in [7, 11) is 1.73. The maximum Gasteiger partial charge on any atom is 0.122 e. The van der Waals surface area contributed by atoms with E-state index in [9.17, 15) is 0 Å². The van der Waals surface area contributed by atoms with Gasteiger partial charge >= 0.3 is 0 Å². The third kappa shape index (κ3) is 3.38. The lowest BCUT2D eigenvalue weighted by molar-refractivity contribution is 0.354. The van der Waals surface area contributed by atoms with E-state index in [0.717, 1.165) is 23.1 Å². The molecule has 0 spiro atoms. The summed E-state index contributed by atoms with van der Waals surface area (Å²) in [6.07, 6.45) is 6.01. The van der Waals surface area contributed by atoms with Crippen LogP contribution in [0.4, 0.5) is 0 Å². The van der Waals surface area contributed by atoms with Crippen LogP contribution in [0.25, 0.3) is 0 Å². The van der Waals surface area contributed by atoms with Gasteiger partial charge in [-0.2, -0.15) is 0 Å². The minimum atomic E-state index is 0.326. The van der Waals surface area contributed by atoms with Gasteiger partial charge in [-0.25, -0.2) is 0 Å². The second-order valence-corrected chi connectivity index (χ2v) is 6.20. The average molecular weight is 318 g/mol. The zero-order chi connectivity index (χ0) is 12.3. The first-order chi connectivity index (χ1) is 8.20. The Balaban J connectivity index is 2.13. The molecule has 1 nitrogen and oxygen atoms in total. The highest BCUT2D eigenvalue weighted by atomic mass is 79.9. The standard InChI is InChI=1S/C14H18BrClO/c1-17-14-7-6-12(15)9-11(14)8-10-4-2-3-5-13(10)16/h6-7,9-10,13H,2-5,8H2,1H3. The van der Waals surface area contributed by atoms with Crippen LogP contribution >= 0.6 is 27.5 Å². The number of hydrogen-bond donors (Lipinski definition) is 0. The minimum Gasteiger partial charge on any atom is -0.496 e. The van der Waals surface area contributed by atoms with E-state index in [1.54, 1.807) is 7.11 Å². The van der Waals surface area contributed by atoms with Crippen LogP contribution in [-0.4, -0.2) is 12.5 Å². The zero-order valence-corrected chi connectivity index (χ0v) is 12.4. The highest BCUT2D eigenvalue weighted by molar-refractivity contribution is 9.10. The maximum atomic E-state index is 6.42. The fourth-order valence-electron chi connectivity index (χ4n) is 2.58. The molecule has 0 heterocycles. The van der Waals surface area contributed by atoms with Gasteiger partial charge in [0.05, 0.1) is 7.11 Å². The number of alkyl halides is 1. The first-order valence-corrected chi connectivity index (χ1v) is 7.40. The molecule has 0 aliphatic heterocycles. The van der Waals surface area contributed by atoms with Crippen molar-refractivity contribution in [2.24, 2.45) is 5.92 Å². The molecule has 2 unspecified atom stereocenters. The van der Waals surface area contributed by atoms with Crippen molar-refractivity contribution in [2.75, 3.05) is 7.11 Å². The van der Waals surface area contributed by atoms with Crippen molar-refractivity contribution in [2.45, 2.75) is 37.5 Å². The molecule has 3 heteroatoms. The molecule has 94 valence electrons. The number of ether oxygens (including phenoxy) is 1. The molecule has 0 bridgehead atoms. The quantitative estimate of drug-likeness (QED) is 0.728. The Morgan fingerprint density at radius 1 is 1.35 bits per heavy atom. The van der Waals surface area contributed by atoms with Gasteiger partial charge in [-0.15, -0.1) is 11.6 Å². The minimum absolute atomic E-state index is 0.326. The Kier molecular flexibility index (Phi) is 4.75. The van der Waals surface area contributed by atoms with Gasteiger partial charge in [0.25, 0.3) is 0 Å². The number of benzene rings is 1. The molecule has 0 saturated heterocycles. The Labute approximate surface area is 117 Å². The highest BCUT2D eigenvalue weighted by Gasteiger charge is 2.24. The summed E-state index contributed by atoms with van der Waals surface area (Å²) < 4.78 is 6.52. The van der Waals surface area contributed by atoms with E-state index in [0.29, 0.717) is 11.3 Å². The fourth-order valence-corrected chi connectivity index (χ4v) is 3.36. The molecule has 1 aliphatic rings. The highest BCUT2D eigenvalue weighted by Crippen LogP contribution is 2.34. The maximum absolute atomic E-state index is 6.42. The van der Waals surface area contributed by atoms with Crippen LogP contribution in [-0.2, 0) is 6.42 Å². The molecule has 1 fully saturated rings. The van der Waals surface area contributed by atoms with Crippen molar-refractivity contribution in [3.05, 3.63) is 28.2 Å². The van der Waals surface area contributed by atoms with E-state index in [-0.39, 0.29) is 0 Å².